The Labute approximate surface area is 150 Å². The van der Waals surface area contributed by atoms with Gasteiger partial charge in [0.05, 0.1) is 0 Å². The quantitative estimate of drug-likeness (QED) is 0.648. The summed E-state index contributed by atoms with van der Waals surface area (Å²) in [6.45, 7) is 5.70. The molecule has 0 saturated heterocycles. The molecule has 0 aromatic heterocycles. The highest BCUT2D eigenvalue weighted by Crippen LogP contribution is 2.68. The summed E-state index contributed by atoms with van der Waals surface area (Å²) in [5.41, 5.74) is -1.77. The summed E-state index contributed by atoms with van der Waals surface area (Å²) in [6.07, 6.45) is 6.97. The first kappa shape index (κ1) is 17.5. The maximum atomic E-state index is 16.6. The Morgan fingerprint density at radius 3 is 2.56 bits per heavy atom. The highest BCUT2D eigenvalue weighted by atomic mass is 19.1. The Hall–Kier alpha value is -0.930. The molecule has 4 heteroatoms. The minimum absolute atomic E-state index is 0.0317. The van der Waals surface area contributed by atoms with Crippen molar-refractivity contribution in [1.82, 2.24) is 0 Å². The van der Waals surface area contributed by atoms with Crippen molar-refractivity contribution < 1.29 is 18.7 Å². The van der Waals surface area contributed by atoms with E-state index >= 15 is 4.39 Å². The molecule has 25 heavy (non-hydrogen) atoms. The summed E-state index contributed by atoms with van der Waals surface area (Å²) in [7, 11) is 0. The summed E-state index contributed by atoms with van der Waals surface area (Å²) in [4.78, 5) is 23.8. The van der Waals surface area contributed by atoms with E-state index in [1.165, 1.54) is 6.92 Å². The Kier molecular flexibility index (Phi) is 3.87. The van der Waals surface area contributed by atoms with E-state index in [1.807, 2.05) is 0 Å². The Morgan fingerprint density at radius 1 is 1.08 bits per heavy atom. The van der Waals surface area contributed by atoms with Gasteiger partial charge in [-0.25, -0.2) is 4.39 Å². The molecule has 140 valence electrons. The molecule has 0 aromatic rings. The molecule has 4 aliphatic carbocycles. The minimum Gasteiger partial charge on any atom is -0.463 e. The van der Waals surface area contributed by atoms with Crippen molar-refractivity contribution in [2.75, 3.05) is 0 Å². The van der Waals surface area contributed by atoms with Gasteiger partial charge in [-0.15, -0.1) is 0 Å². The lowest BCUT2D eigenvalue weighted by Crippen LogP contribution is -2.63. The number of ketones is 1. The van der Waals surface area contributed by atoms with Crippen molar-refractivity contribution in [3.63, 3.8) is 0 Å². The lowest BCUT2D eigenvalue weighted by Gasteiger charge is -2.63. The van der Waals surface area contributed by atoms with Crippen LogP contribution in [0.4, 0.5) is 4.39 Å². The van der Waals surface area contributed by atoms with Gasteiger partial charge in [0, 0.05) is 24.2 Å². The van der Waals surface area contributed by atoms with Gasteiger partial charge in [0.2, 0.25) is 0 Å². The number of rotatable bonds is 1. The second kappa shape index (κ2) is 5.53. The van der Waals surface area contributed by atoms with Crippen LogP contribution in [0.25, 0.3) is 0 Å². The van der Waals surface area contributed by atoms with Crippen molar-refractivity contribution >= 4 is 11.8 Å². The van der Waals surface area contributed by atoms with Crippen molar-refractivity contribution in [3.8, 4) is 0 Å². The standard InChI is InChI=1S/C21H31FO3/c1-13(23)25-15-8-9-20(3)14(12-15)4-5-17-16-6-7-18(24)19(16,2)10-11-21(17,20)22/h14-17H,4-12H2,1-3H3/t14-,15-,16+,17+,19+,20+,21-/m1/s1. The Bertz CT molecular complexity index is 604. The van der Waals surface area contributed by atoms with Crippen LogP contribution in [0.2, 0.25) is 0 Å². The van der Waals surface area contributed by atoms with E-state index in [4.69, 9.17) is 4.74 Å². The number of Topliss-reactive ketones (excluding diaryl/α,β-unsaturated/α-hetero) is 1. The average Bonchev–Trinajstić information content (AvgIpc) is 2.84. The molecule has 0 bridgehead atoms. The van der Waals surface area contributed by atoms with Gasteiger partial charge in [-0.3, -0.25) is 9.59 Å². The van der Waals surface area contributed by atoms with Gasteiger partial charge in [-0.2, -0.15) is 0 Å². The molecule has 4 rings (SSSR count). The first-order chi connectivity index (χ1) is 11.7. The molecular formula is C21H31FO3. The molecule has 0 heterocycles. The summed E-state index contributed by atoms with van der Waals surface area (Å²) < 4.78 is 22.1. The Balaban J connectivity index is 1.61. The van der Waals surface area contributed by atoms with Crippen LogP contribution in [0.5, 0.6) is 0 Å². The van der Waals surface area contributed by atoms with Gasteiger partial charge in [-0.1, -0.05) is 13.8 Å². The fourth-order valence-corrected chi connectivity index (χ4v) is 7.22. The molecule has 7 atom stereocenters. The number of carbonyl (C=O) groups excluding carboxylic acids is 2. The van der Waals surface area contributed by atoms with Crippen LogP contribution < -0.4 is 0 Å². The summed E-state index contributed by atoms with van der Waals surface area (Å²) in [5.74, 6) is 0.681. The van der Waals surface area contributed by atoms with Gasteiger partial charge in [0.25, 0.3) is 0 Å². The normalized spacial score (nSPS) is 52.1. The number of esters is 1. The van der Waals surface area contributed by atoms with Crippen LogP contribution in [0.1, 0.15) is 78.6 Å². The molecule has 0 radical (unpaired) electrons. The zero-order valence-corrected chi connectivity index (χ0v) is 15.8. The van der Waals surface area contributed by atoms with E-state index in [2.05, 4.69) is 13.8 Å². The fourth-order valence-electron chi connectivity index (χ4n) is 7.22. The number of alkyl halides is 1. The molecule has 0 N–H and O–H groups in total. The number of ether oxygens (including phenoxy) is 1. The fraction of sp³-hybridized carbons (Fsp3) is 0.905. The van der Waals surface area contributed by atoms with Crippen LogP contribution in [0, 0.1) is 28.6 Å². The van der Waals surface area contributed by atoms with Crippen LogP contribution in [-0.4, -0.2) is 23.5 Å². The van der Waals surface area contributed by atoms with E-state index in [1.54, 1.807) is 0 Å². The SMILES string of the molecule is CC(=O)O[C@@H]1CC[C@@]2(C)[C@H](CC[C@H]3[C@@H]4CCC(=O)[C@@]4(C)CC[C@@]32F)C1. The number of hydrogen-bond acceptors (Lipinski definition) is 3. The minimum atomic E-state index is -1.16. The summed E-state index contributed by atoms with van der Waals surface area (Å²) in [5, 5.41) is 0. The summed E-state index contributed by atoms with van der Waals surface area (Å²) >= 11 is 0. The molecule has 0 spiro atoms. The van der Waals surface area contributed by atoms with E-state index in [0.29, 0.717) is 25.0 Å². The maximum absolute atomic E-state index is 16.6. The predicted octanol–water partition coefficient (Wildman–Crippen LogP) is 4.62. The topological polar surface area (TPSA) is 43.4 Å². The lowest BCUT2D eigenvalue weighted by molar-refractivity contribution is -0.202. The number of fused-ring (bicyclic) bond motifs is 5. The van der Waals surface area contributed by atoms with Crippen molar-refractivity contribution in [3.05, 3.63) is 0 Å². The second-order valence-electron chi connectivity index (χ2n) is 9.65. The van der Waals surface area contributed by atoms with Crippen LogP contribution >= 0.6 is 0 Å². The molecule has 0 unspecified atom stereocenters. The van der Waals surface area contributed by atoms with Crippen LogP contribution in [0.3, 0.4) is 0 Å². The summed E-state index contributed by atoms with van der Waals surface area (Å²) in [6, 6.07) is 0. The van der Waals surface area contributed by atoms with Crippen molar-refractivity contribution in [2.24, 2.45) is 28.6 Å². The number of halogens is 1. The van der Waals surface area contributed by atoms with Gasteiger partial charge < -0.3 is 4.74 Å². The van der Waals surface area contributed by atoms with Crippen LogP contribution in [-0.2, 0) is 14.3 Å². The zero-order chi connectivity index (χ0) is 18.0. The van der Waals surface area contributed by atoms with E-state index < -0.39 is 5.67 Å². The maximum Gasteiger partial charge on any atom is 0.302 e. The molecule has 0 amide bonds. The zero-order valence-electron chi connectivity index (χ0n) is 15.8. The molecule has 0 aromatic carbocycles. The van der Waals surface area contributed by atoms with Gasteiger partial charge in [0.15, 0.2) is 0 Å². The van der Waals surface area contributed by atoms with Crippen LogP contribution in [0.15, 0.2) is 0 Å². The third-order valence-electron chi connectivity index (χ3n) is 8.76. The van der Waals surface area contributed by atoms with E-state index in [-0.39, 0.29) is 40.7 Å². The molecule has 3 nitrogen and oxygen atoms in total. The lowest BCUT2D eigenvalue weighted by atomic mass is 9.43. The molecule has 4 saturated carbocycles. The molecule has 0 aliphatic heterocycles. The van der Waals surface area contributed by atoms with Gasteiger partial charge in [0.1, 0.15) is 17.6 Å². The number of hydrogen-bond donors (Lipinski definition) is 0. The first-order valence-electron chi connectivity index (χ1n) is 10.1. The third kappa shape index (κ3) is 2.28. The van der Waals surface area contributed by atoms with Crippen molar-refractivity contribution in [1.29, 1.82) is 0 Å². The smallest absolute Gasteiger partial charge is 0.302 e. The second-order valence-corrected chi connectivity index (χ2v) is 9.65. The molecular weight excluding hydrogens is 319 g/mol. The van der Waals surface area contributed by atoms with E-state index in [0.717, 1.165) is 38.5 Å². The largest absolute Gasteiger partial charge is 0.463 e. The third-order valence-corrected chi connectivity index (χ3v) is 8.76. The van der Waals surface area contributed by atoms with E-state index in [9.17, 15) is 9.59 Å². The van der Waals surface area contributed by atoms with Gasteiger partial charge >= 0.3 is 5.97 Å². The highest BCUT2D eigenvalue weighted by molar-refractivity contribution is 5.87. The Morgan fingerprint density at radius 2 is 1.84 bits per heavy atom. The monoisotopic (exact) mass is 350 g/mol. The molecule has 4 fully saturated rings. The highest BCUT2D eigenvalue weighted by Gasteiger charge is 2.68. The molecule has 4 aliphatic rings. The van der Waals surface area contributed by atoms with Crippen molar-refractivity contribution in [2.45, 2.75) is 90.3 Å². The number of carbonyl (C=O) groups is 2. The van der Waals surface area contributed by atoms with Gasteiger partial charge in [-0.05, 0) is 69.1 Å². The predicted molar refractivity (Wildman–Crippen MR) is 92.6 cm³/mol. The average molecular weight is 350 g/mol. The first-order valence-corrected chi connectivity index (χ1v) is 10.1.